The summed E-state index contributed by atoms with van der Waals surface area (Å²) in [7, 11) is -3.42. The molecule has 5 nitrogen and oxygen atoms in total. The fourth-order valence-electron chi connectivity index (χ4n) is 2.44. The number of sulfone groups is 1. The van der Waals surface area contributed by atoms with Crippen LogP contribution < -0.4 is 10.5 Å². The molecule has 25 heavy (non-hydrogen) atoms. The Morgan fingerprint density at radius 3 is 2.28 bits per heavy atom. The van der Waals surface area contributed by atoms with E-state index >= 15 is 0 Å². The zero-order chi connectivity index (χ0) is 17.7. The summed E-state index contributed by atoms with van der Waals surface area (Å²) in [6.07, 6.45) is 1.59. The van der Waals surface area contributed by atoms with E-state index in [1.54, 1.807) is 54.7 Å². The SMILES string of the molecule is Nc1ncccc1OCc1ccccc1CS(=O)(=O)c1ccccc1. The predicted octanol–water partition coefficient (Wildman–Crippen LogP) is 3.22. The minimum Gasteiger partial charge on any atom is -0.485 e. The van der Waals surface area contributed by atoms with Crippen molar-refractivity contribution in [1.29, 1.82) is 0 Å². The fraction of sp³-hybridized carbons (Fsp3) is 0.105. The summed E-state index contributed by atoms with van der Waals surface area (Å²) in [5, 5.41) is 0. The highest BCUT2D eigenvalue weighted by atomic mass is 32.2. The van der Waals surface area contributed by atoms with Crippen LogP contribution in [-0.4, -0.2) is 13.4 Å². The number of nitrogens with zero attached hydrogens (tertiary/aromatic N) is 1. The monoisotopic (exact) mass is 354 g/mol. The molecule has 0 aliphatic heterocycles. The summed E-state index contributed by atoms with van der Waals surface area (Å²) >= 11 is 0. The van der Waals surface area contributed by atoms with Crippen LogP contribution in [0, 0.1) is 0 Å². The van der Waals surface area contributed by atoms with E-state index < -0.39 is 9.84 Å². The molecule has 0 aliphatic carbocycles. The van der Waals surface area contributed by atoms with Crippen LogP contribution in [0.3, 0.4) is 0 Å². The van der Waals surface area contributed by atoms with Crippen molar-refractivity contribution in [3.05, 3.63) is 84.1 Å². The third kappa shape index (κ3) is 4.16. The first-order chi connectivity index (χ1) is 12.1. The minimum absolute atomic E-state index is 0.0843. The van der Waals surface area contributed by atoms with Crippen molar-refractivity contribution < 1.29 is 13.2 Å². The summed E-state index contributed by atoms with van der Waals surface area (Å²) in [6, 6.07) is 19.2. The van der Waals surface area contributed by atoms with Gasteiger partial charge in [-0.05, 0) is 35.4 Å². The average molecular weight is 354 g/mol. The molecule has 0 aliphatic rings. The molecule has 0 amide bonds. The van der Waals surface area contributed by atoms with Crippen LogP contribution in [0.4, 0.5) is 5.82 Å². The maximum absolute atomic E-state index is 12.6. The van der Waals surface area contributed by atoms with Gasteiger partial charge in [-0.2, -0.15) is 0 Å². The van der Waals surface area contributed by atoms with Crippen molar-refractivity contribution >= 4 is 15.7 Å². The Labute approximate surface area is 147 Å². The lowest BCUT2D eigenvalue weighted by atomic mass is 10.1. The number of anilines is 1. The number of pyridine rings is 1. The highest BCUT2D eigenvalue weighted by Crippen LogP contribution is 2.22. The lowest BCUT2D eigenvalue weighted by Gasteiger charge is -2.12. The molecule has 6 heteroatoms. The normalized spacial score (nSPS) is 11.2. The highest BCUT2D eigenvalue weighted by Gasteiger charge is 2.17. The number of nitrogens with two attached hydrogens (primary N) is 1. The molecule has 2 N–H and O–H groups in total. The van der Waals surface area contributed by atoms with Crippen molar-refractivity contribution in [2.24, 2.45) is 0 Å². The van der Waals surface area contributed by atoms with E-state index in [1.807, 2.05) is 18.2 Å². The molecular weight excluding hydrogens is 336 g/mol. The largest absolute Gasteiger partial charge is 0.485 e. The Bertz CT molecular complexity index is 957. The molecule has 0 saturated carbocycles. The predicted molar refractivity (Wildman–Crippen MR) is 96.8 cm³/mol. The van der Waals surface area contributed by atoms with Crippen LogP contribution in [0.1, 0.15) is 11.1 Å². The molecule has 0 spiro atoms. The summed E-state index contributed by atoms with van der Waals surface area (Å²) in [6.45, 7) is 0.219. The maximum atomic E-state index is 12.6. The van der Waals surface area contributed by atoms with Gasteiger partial charge in [0.1, 0.15) is 6.61 Å². The van der Waals surface area contributed by atoms with Crippen LogP contribution in [0.25, 0.3) is 0 Å². The van der Waals surface area contributed by atoms with Crippen LogP contribution in [0.5, 0.6) is 5.75 Å². The number of rotatable bonds is 6. The van der Waals surface area contributed by atoms with E-state index in [4.69, 9.17) is 10.5 Å². The Hall–Kier alpha value is -2.86. The van der Waals surface area contributed by atoms with Gasteiger partial charge in [0, 0.05) is 6.20 Å². The van der Waals surface area contributed by atoms with Crippen molar-refractivity contribution in [2.45, 2.75) is 17.3 Å². The molecule has 3 rings (SSSR count). The van der Waals surface area contributed by atoms with Gasteiger partial charge in [0.2, 0.25) is 0 Å². The summed E-state index contributed by atoms with van der Waals surface area (Å²) < 4.78 is 30.9. The van der Waals surface area contributed by atoms with Gasteiger partial charge in [-0.3, -0.25) is 0 Å². The third-order valence-electron chi connectivity index (χ3n) is 3.75. The highest BCUT2D eigenvalue weighted by molar-refractivity contribution is 7.90. The van der Waals surface area contributed by atoms with Crippen LogP contribution in [-0.2, 0) is 22.2 Å². The standard InChI is InChI=1S/C19H18N2O3S/c20-19-18(11-6-12-21-19)24-13-15-7-4-5-8-16(15)14-25(22,23)17-9-2-1-3-10-17/h1-12H,13-14H2,(H2,20,21). The summed E-state index contributed by atoms with van der Waals surface area (Å²) in [4.78, 5) is 4.28. The van der Waals surface area contributed by atoms with Gasteiger partial charge in [-0.15, -0.1) is 0 Å². The Morgan fingerprint density at radius 2 is 1.56 bits per heavy atom. The van der Waals surface area contributed by atoms with E-state index in [2.05, 4.69) is 4.98 Å². The second kappa shape index (κ2) is 7.36. The van der Waals surface area contributed by atoms with Gasteiger partial charge >= 0.3 is 0 Å². The van der Waals surface area contributed by atoms with Gasteiger partial charge in [0.05, 0.1) is 10.6 Å². The molecule has 2 aromatic carbocycles. The maximum Gasteiger partial charge on any atom is 0.182 e. The minimum atomic E-state index is -3.42. The number of hydrogen-bond donors (Lipinski definition) is 1. The van der Waals surface area contributed by atoms with Crippen molar-refractivity contribution in [2.75, 3.05) is 5.73 Å². The quantitative estimate of drug-likeness (QED) is 0.735. The molecular formula is C19H18N2O3S. The lowest BCUT2D eigenvalue weighted by Crippen LogP contribution is -2.09. The summed E-state index contributed by atoms with van der Waals surface area (Å²) in [5.41, 5.74) is 7.27. The first-order valence-electron chi connectivity index (χ1n) is 7.74. The zero-order valence-corrected chi connectivity index (χ0v) is 14.3. The topological polar surface area (TPSA) is 82.3 Å². The fourth-order valence-corrected chi connectivity index (χ4v) is 3.86. The third-order valence-corrected chi connectivity index (χ3v) is 5.43. The number of benzene rings is 2. The molecule has 128 valence electrons. The molecule has 0 unspecified atom stereocenters. The van der Waals surface area contributed by atoms with E-state index in [0.29, 0.717) is 22.0 Å². The molecule has 0 bridgehead atoms. The smallest absolute Gasteiger partial charge is 0.182 e. The Morgan fingerprint density at radius 1 is 0.880 bits per heavy atom. The van der Waals surface area contributed by atoms with Crippen molar-refractivity contribution in [1.82, 2.24) is 4.98 Å². The molecule has 1 heterocycles. The van der Waals surface area contributed by atoms with Gasteiger partial charge in [0.15, 0.2) is 21.4 Å². The first kappa shape index (κ1) is 17.0. The van der Waals surface area contributed by atoms with Crippen molar-refractivity contribution in [3.8, 4) is 5.75 Å². The van der Waals surface area contributed by atoms with Gasteiger partial charge in [-0.1, -0.05) is 42.5 Å². The van der Waals surface area contributed by atoms with E-state index in [-0.39, 0.29) is 12.4 Å². The number of aromatic nitrogens is 1. The van der Waals surface area contributed by atoms with Crippen LogP contribution in [0.2, 0.25) is 0 Å². The van der Waals surface area contributed by atoms with Gasteiger partial charge in [0.25, 0.3) is 0 Å². The molecule has 1 aromatic heterocycles. The van der Waals surface area contributed by atoms with Gasteiger partial charge in [-0.25, -0.2) is 13.4 Å². The Kier molecular flexibility index (Phi) is 5.00. The van der Waals surface area contributed by atoms with Crippen LogP contribution in [0.15, 0.2) is 77.8 Å². The van der Waals surface area contributed by atoms with Gasteiger partial charge < -0.3 is 10.5 Å². The molecule has 0 radical (unpaired) electrons. The van der Waals surface area contributed by atoms with Crippen molar-refractivity contribution in [3.63, 3.8) is 0 Å². The molecule has 0 fully saturated rings. The molecule has 0 saturated heterocycles. The first-order valence-corrected chi connectivity index (χ1v) is 9.39. The summed E-state index contributed by atoms with van der Waals surface area (Å²) in [5.74, 6) is 0.694. The lowest BCUT2D eigenvalue weighted by molar-refractivity contribution is 0.306. The second-order valence-corrected chi connectivity index (χ2v) is 7.51. The second-order valence-electron chi connectivity index (χ2n) is 5.52. The number of nitrogen functional groups attached to an aromatic ring is 1. The zero-order valence-electron chi connectivity index (χ0n) is 13.5. The Balaban J connectivity index is 1.81. The molecule has 0 atom stereocenters. The van der Waals surface area contributed by atoms with E-state index in [1.165, 1.54) is 0 Å². The number of hydrogen-bond acceptors (Lipinski definition) is 5. The van der Waals surface area contributed by atoms with E-state index in [9.17, 15) is 8.42 Å². The average Bonchev–Trinajstić information content (AvgIpc) is 2.63. The van der Waals surface area contributed by atoms with E-state index in [0.717, 1.165) is 5.56 Å². The number of ether oxygens (including phenoxy) is 1. The molecule has 3 aromatic rings. The van der Waals surface area contributed by atoms with Crippen LogP contribution >= 0.6 is 0 Å².